The molecule has 1 amide bonds. The molecule has 3 rings (SSSR count). The average Bonchev–Trinajstić information content (AvgIpc) is 2.72. The largest absolute Gasteiger partial charge is 0.465 e. The number of rotatable bonds is 5. The smallest absolute Gasteiger partial charge is 0.337 e. The third kappa shape index (κ3) is 4.79. The molecule has 0 aliphatic carbocycles. The molecule has 0 aliphatic heterocycles. The standard InChI is InChI=1S/C23H22N2O4/c1-15-4-5-16(2)19(12-15)14-25-13-18(8-11-21(25)26)22(27)24-20-9-6-17(7-10-20)23(28)29-3/h4-13H,14H2,1-3H3,(H,24,27). The number of nitrogens with zero attached hydrogens (tertiary/aromatic N) is 1. The number of aryl methyl sites for hydroxylation is 2. The lowest BCUT2D eigenvalue weighted by atomic mass is 10.1. The number of pyridine rings is 1. The van der Waals surface area contributed by atoms with Crippen LogP contribution in [0.15, 0.2) is 65.6 Å². The van der Waals surface area contributed by atoms with Crippen LogP contribution in [0.2, 0.25) is 0 Å². The molecule has 0 unspecified atom stereocenters. The molecule has 0 atom stereocenters. The number of esters is 1. The number of benzene rings is 2. The summed E-state index contributed by atoms with van der Waals surface area (Å²) in [6, 6.07) is 15.4. The molecule has 0 spiro atoms. The maximum absolute atomic E-state index is 12.6. The monoisotopic (exact) mass is 390 g/mol. The summed E-state index contributed by atoms with van der Waals surface area (Å²) in [5.74, 6) is -0.785. The maximum atomic E-state index is 12.6. The van der Waals surface area contributed by atoms with Gasteiger partial charge in [0, 0.05) is 18.0 Å². The summed E-state index contributed by atoms with van der Waals surface area (Å²) < 4.78 is 6.18. The fourth-order valence-electron chi connectivity index (χ4n) is 2.95. The second-order valence-corrected chi connectivity index (χ2v) is 6.84. The summed E-state index contributed by atoms with van der Waals surface area (Å²) in [5, 5.41) is 2.77. The topological polar surface area (TPSA) is 77.4 Å². The molecular weight excluding hydrogens is 368 g/mol. The molecule has 2 aromatic carbocycles. The normalized spacial score (nSPS) is 10.4. The van der Waals surface area contributed by atoms with E-state index in [0.717, 1.165) is 16.7 Å². The second-order valence-electron chi connectivity index (χ2n) is 6.84. The first-order valence-corrected chi connectivity index (χ1v) is 9.14. The Hall–Kier alpha value is -3.67. The summed E-state index contributed by atoms with van der Waals surface area (Å²) in [7, 11) is 1.31. The van der Waals surface area contributed by atoms with Gasteiger partial charge in [-0.15, -0.1) is 0 Å². The molecular formula is C23H22N2O4. The molecule has 0 saturated carbocycles. The fourth-order valence-corrected chi connectivity index (χ4v) is 2.95. The van der Waals surface area contributed by atoms with Gasteiger partial charge in [-0.25, -0.2) is 4.79 Å². The van der Waals surface area contributed by atoms with Gasteiger partial charge in [0.15, 0.2) is 0 Å². The molecule has 0 fully saturated rings. The minimum atomic E-state index is -0.443. The molecule has 1 aromatic heterocycles. The molecule has 0 bridgehead atoms. The Morgan fingerprint density at radius 1 is 0.966 bits per heavy atom. The number of amides is 1. The molecule has 0 saturated heterocycles. The maximum Gasteiger partial charge on any atom is 0.337 e. The van der Waals surface area contributed by atoms with Crippen LogP contribution >= 0.6 is 0 Å². The Bertz CT molecular complexity index is 1110. The van der Waals surface area contributed by atoms with E-state index in [1.165, 1.54) is 23.8 Å². The van der Waals surface area contributed by atoms with Crippen molar-refractivity contribution in [3.63, 3.8) is 0 Å². The zero-order chi connectivity index (χ0) is 21.0. The van der Waals surface area contributed by atoms with Gasteiger partial charge in [-0.1, -0.05) is 23.8 Å². The van der Waals surface area contributed by atoms with Crippen LogP contribution in [0.4, 0.5) is 5.69 Å². The molecule has 3 aromatic rings. The van der Waals surface area contributed by atoms with Gasteiger partial charge >= 0.3 is 5.97 Å². The van der Waals surface area contributed by atoms with Gasteiger partial charge in [0.1, 0.15) is 0 Å². The van der Waals surface area contributed by atoms with Crippen LogP contribution < -0.4 is 10.9 Å². The number of carbonyl (C=O) groups excluding carboxylic acids is 2. The lowest BCUT2D eigenvalue weighted by Crippen LogP contribution is -2.23. The number of hydrogen-bond donors (Lipinski definition) is 1. The average molecular weight is 390 g/mol. The van der Waals surface area contributed by atoms with Crippen LogP contribution in [-0.4, -0.2) is 23.6 Å². The van der Waals surface area contributed by atoms with Crippen LogP contribution in [0.25, 0.3) is 0 Å². The molecule has 0 radical (unpaired) electrons. The van der Waals surface area contributed by atoms with Gasteiger partial charge < -0.3 is 14.6 Å². The van der Waals surface area contributed by atoms with Gasteiger partial charge in [-0.3, -0.25) is 9.59 Å². The third-order valence-corrected chi connectivity index (χ3v) is 4.65. The van der Waals surface area contributed by atoms with Crippen molar-refractivity contribution in [3.05, 3.63) is 99.0 Å². The highest BCUT2D eigenvalue weighted by Gasteiger charge is 2.11. The molecule has 29 heavy (non-hydrogen) atoms. The van der Waals surface area contributed by atoms with E-state index in [4.69, 9.17) is 0 Å². The van der Waals surface area contributed by atoms with E-state index < -0.39 is 5.97 Å². The summed E-state index contributed by atoms with van der Waals surface area (Å²) in [5.41, 5.74) is 4.35. The van der Waals surface area contributed by atoms with Crippen molar-refractivity contribution in [1.29, 1.82) is 0 Å². The molecule has 6 heteroatoms. The highest BCUT2D eigenvalue weighted by Crippen LogP contribution is 2.14. The Kier molecular flexibility index (Phi) is 5.93. The lowest BCUT2D eigenvalue weighted by molar-refractivity contribution is 0.0600. The van der Waals surface area contributed by atoms with Crippen molar-refractivity contribution in [2.75, 3.05) is 12.4 Å². The number of hydrogen-bond acceptors (Lipinski definition) is 4. The van der Waals surface area contributed by atoms with Crippen LogP contribution in [-0.2, 0) is 11.3 Å². The quantitative estimate of drug-likeness (QED) is 0.676. The van der Waals surface area contributed by atoms with E-state index in [2.05, 4.69) is 10.1 Å². The highest BCUT2D eigenvalue weighted by molar-refractivity contribution is 6.04. The minimum absolute atomic E-state index is 0.176. The van der Waals surface area contributed by atoms with Crippen LogP contribution in [0.5, 0.6) is 0 Å². The Morgan fingerprint density at radius 2 is 1.66 bits per heavy atom. The van der Waals surface area contributed by atoms with Gasteiger partial charge in [0.2, 0.25) is 0 Å². The number of methoxy groups -OCH3 is 1. The van der Waals surface area contributed by atoms with E-state index >= 15 is 0 Å². The van der Waals surface area contributed by atoms with E-state index in [1.54, 1.807) is 30.5 Å². The van der Waals surface area contributed by atoms with Crippen molar-refractivity contribution >= 4 is 17.6 Å². The van der Waals surface area contributed by atoms with Crippen LogP contribution in [0.3, 0.4) is 0 Å². The first-order chi connectivity index (χ1) is 13.9. The van der Waals surface area contributed by atoms with E-state index in [1.807, 2.05) is 32.0 Å². The zero-order valence-electron chi connectivity index (χ0n) is 16.6. The second kappa shape index (κ2) is 8.56. The highest BCUT2D eigenvalue weighted by atomic mass is 16.5. The number of carbonyl (C=O) groups is 2. The number of aromatic nitrogens is 1. The molecule has 1 N–H and O–H groups in total. The molecule has 1 heterocycles. The predicted molar refractivity (Wildman–Crippen MR) is 111 cm³/mol. The van der Waals surface area contributed by atoms with Crippen molar-refractivity contribution in [2.45, 2.75) is 20.4 Å². The first-order valence-electron chi connectivity index (χ1n) is 9.14. The Labute approximate surface area is 168 Å². The minimum Gasteiger partial charge on any atom is -0.465 e. The summed E-state index contributed by atoms with van der Waals surface area (Å²) in [4.78, 5) is 36.4. The van der Waals surface area contributed by atoms with Crippen LogP contribution in [0.1, 0.15) is 37.4 Å². The Morgan fingerprint density at radius 3 is 2.34 bits per heavy atom. The molecule has 0 aliphatic rings. The van der Waals surface area contributed by atoms with Crippen molar-refractivity contribution in [2.24, 2.45) is 0 Å². The SMILES string of the molecule is COC(=O)c1ccc(NC(=O)c2ccc(=O)n(Cc3cc(C)ccc3C)c2)cc1. The first kappa shape index (κ1) is 20.1. The van der Waals surface area contributed by atoms with Gasteiger partial charge in [-0.05, 0) is 55.3 Å². The van der Waals surface area contributed by atoms with E-state index in [9.17, 15) is 14.4 Å². The molecule has 6 nitrogen and oxygen atoms in total. The van der Waals surface area contributed by atoms with Gasteiger partial charge in [-0.2, -0.15) is 0 Å². The summed E-state index contributed by atoms with van der Waals surface area (Å²) in [6.45, 7) is 4.39. The summed E-state index contributed by atoms with van der Waals surface area (Å²) >= 11 is 0. The zero-order valence-corrected chi connectivity index (χ0v) is 16.6. The Balaban J connectivity index is 1.79. The number of ether oxygens (including phenoxy) is 1. The fraction of sp³-hybridized carbons (Fsp3) is 0.174. The van der Waals surface area contributed by atoms with Gasteiger partial charge in [0.05, 0.1) is 24.8 Å². The predicted octanol–water partition coefficient (Wildman–Crippen LogP) is 3.55. The van der Waals surface area contributed by atoms with Gasteiger partial charge in [0.25, 0.3) is 11.5 Å². The number of anilines is 1. The van der Waals surface area contributed by atoms with E-state index in [0.29, 0.717) is 23.4 Å². The van der Waals surface area contributed by atoms with Crippen LogP contribution in [0, 0.1) is 13.8 Å². The third-order valence-electron chi connectivity index (χ3n) is 4.65. The van der Waals surface area contributed by atoms with E-state index in [-0.39, 0.29) is 11.5 Å². The molecule has 148 valence electrons. The van der Waals surface area contributed by atoms with Crippen molar-refractivity contribution < 1.29 is 14.3 Å². The van der Waals surface area contributed by atoms with Crippen molar-refractivity contribution in [1.82, 2.24) is 4.57 Å². The van der Waals surface area contributed by atoms with Crippen molar-refractivity contribution in [3.8, 4) is 0 Å². The number of nitrogens with one attached hydrogen (secondary N) is 1. The summed E-state index contributed by atoms with van der Waals surface area (Å²) in [6.07, 6.45) is 1.56. The lowest BCUT2D eigenvalue weighted by Gasteiger charge is -2.12.